The Balaban J connectivity index is 1.76. The van der Waals surface area contributed by atoms with Crippen molar-refractivity contribution in [3.8, 4) is 5.69 Å². The number of carbonyl (C=O) groups is 1. The molecule has 1 aliphatic heterocycles. The highest BCUT2D eigenvalue weighted by atomic mass is 79.9. The third-order valence-corrected chi connectivity index (χ3v) is 5.57. The number of rotatable bonds is 2. The molecule has 0 bridgehead atoms. The molecule has 144 valence electrons. The average Bonchev–Trinajstić information content (AvgIpc) is 3.07. The predicted molar refractivity (Wildman–Crippen MR) is 112 cm³/mol. The lowest BCUT2D eigenvalue weighted by Gasteiger charge is -2.33. The molecular formula is C22H21BrFN3O. The molecular weight excluding hydrogens is 421 g/mol. The number of hydrogen-bond acceptors (Lipinski definition) is 1. The number of aromatic nitrogens is 1. The Morgan fingerprint density at radius 3 is 2.71 bits per heavy atom. The number of carbonyl (C=O) groups excluding carboxylic acids is 1. The Bertz CT molecular complexity index is 1030. The number of para-hydroxylation sites is 1. The van der Waals surface area contributed by atoms with Crippen LogP contribution >= 0.6 is 15.9 Å². The van der Waals surface area contributed by atoms with Gasteiger partial charge in [0.1, 0.15) is 5.82 Å². The first-order valence-electron chi connectivity index (χ1n) is 9.24. The summed E-state index contributed by atoms with van der Waals surface area (Å²) in [4.78, 5) is 15.0. The molecule has 1 aromatic heterocycles. The van der Waals surface area contributed by atoms with Crippen LogP contribution in [0.2, 0.25) is 0 Å². The van der Waals surface area contributed by atoms with Gasteiger partial charge in [0.2, 0.25) is 0 Å². The fraction of sp³-hybridized carbons (Fsp3) is 0.227. The van der Waals surface area contributed by atoms with Crippen molar-refractivity contribution < 1.29 is 9.18 Å². The van der Waals surface area contributed by atoms with Gasteiger partial charge in [-0.3, -0.25) is 0 Å². The van der Waals surface area contributed by atoms with Crippen LogP contribution in [0.5, 0.6) is 0 Å². The highest BCUT2D eigenvalue weighted by Crippen LogP contribution is 2.37. The van der Waals surface area contributed by atoms with E-state index in [0.717, 1.165) is 16.9 Å². The van der Waals surface area contributed by atoms with E-state index in [-0.39, 0.29) is 23.7 Å². The maximum atomic E-state index is 14.3. The molecule has 2 heterocycles. The second-order valence-corrected chi connectivity index (χ2v) is 8.22. The van der Waals surface area contributed by atoms with E-state index in [9.17, 15) is 9.18 Å². The molecule has 28 heavy (non-hydrogen) atoms. The summed E-state index contributed by atoms with van der Waals surface area (Å²) in [5.41, 5.74) is 3.34. The van der Waals surface area contributed by atoms with E-state index >= 15 is 0 Å². The second-order valence-electron chi connectivity index (χ2n) is 7.30. The summed E-state index contributed by atoms with van der Waals surface area (Å²) in [7, 11) is 0. The van der Waals surface area contributed by atoms with E-state index in [2.05, 4.69) is 45.7 Å². The molecule has 2 aromatic carbocycles. The third-order valence-electron chi connectivity index (χ3n) is 5.08. The number of nitrogens with one attached hydrogen (secondary N) is 1. The molecule has 0 radical (unpaired) electrons. The first kappa shape index (κ1) is 18.7. The summed E-state index contributed by atoms with van der Waals surface area (Å²) in [6, 6.07) is 16.3. The minimum Gasteiger partial charge on any atom is -0.318 e. The van der Waals surface area contributed by atoms with Crippen molar-refractivity contribution in [1.82, 2.24) is 9.47 Å². The quantitative estimate of drug-likeness (QED) is 0.510. The summed E-state index contributed by atoms with van der Waals surface area (Å²) >= 11 is 3.24. The molecule has 6 heteroatoms. The van der Waals surface area contributed by atoms with Gasteiger partial charge >= 0.3 is 6.03 Å². The van der Waals surface area contributed by atoms with Gasteiger partial charge in [0.05, 0.1) is 24.0 Å². The zero-order chi connectivity index (χ0) is 19.8. The van der Waals surface area contributed by atoms with E-state index in [4.69, 9.17) is 0 Å². The fourth-order valence-corrected chi connectivity index (χ4v) is 4.19. The molecule has 4 rings (SSSR count). The van der Waals surface area contributed by atoms with Crippen molar-refractivity contribution in [2.75, 3.05) is 5.32 Å². The summed E-state index contributed by atoms with van der Waals surface area (Å²) in [5.74, 6) is -0.286. The minimum atomic E-state index is -0.470. The molecule has 0 saturated carbocycles. The van der Waals surface area contributed by atoms with Crippen LogP contribution in [0, 0.1) is 11.7 Å². The van der Waals surface area contributed by atoms with Gasteiger partial charge in [0.25, 0.3) is 0 Å². The normalized spacial score (nSPS) is 15.8. The maximum Gasteiger partial charge on any atom is 0.322 e. The van der Waals surface area contributed by atoms with Gasteiger partial charge in [-0.2, -0.15) is 0 Å². The predicted octanol–water partition coefficient (Wildman–Crippen LogP) is 6.12. The van der Waals surface area contributed by atoms with Crippen molar-refractivity contribution in [3.05, 3.63) is 82.3 Å². The molecule has 2 amide bonds. The summed E-state index contributed by atoms with van der Waals surface area (Å²) in [6.45, 7) is 4.64. The van der Waals surface area contributed by atoms with Crippen LogP contribution in [-0.2, 0) is 6.54 Å². The number of halogens is 2. The molecule has 3 aromatic rings. The molecule has 0 saturated heterocycles. The number of amides is 2. The summed E-state index contributed by atoms with van der Waals surface area (Å²) < 4.78 is 17.1. The molecule has 0 fully saturated rings. The molecule has 1 atom stereocenters. The second kappa shape index (κ2) is 7.43. The van der Waals surface area contributed by atoms with Crippen molar-refractivity contribution >= 4 is 27.6 Å². The third kappa shape index (κ3) is 3.33. The van der Waals surface area contributed by atoms with Crippen LogP contribution in [-0.4, -0.2) is 15.5 Å². The average molecular weight is 442 g/mol. The Morgan fingerprint density at radius 1 is 1.18 bits per heavy atom. The number of anilines is 1. The van der Waals surface area contributed by atoms with Gasteiger partial charge in [-0.15, -0.1) is 0 Å². The Morgan fingerprint density at radius 2 is 1.96 bits per heavy atom. The number of fused-ring (bicyclic) bond motifs is 3. The van der Waals surface area contributed by atoms with Crippen LogP contribution in [0.4, 0.5) is 14.9 Å². The number of urea groups is 1. The van der Waals surface area contributed by atoms with Crippen LogP contribution in [0.15, 0.2) is 65.3 Å². The Labute approximate surface area is 172 Å². The molecule has 4 nitrogen and oxygen atoms in total. The lowest BCUT2D eigenvalue weighted by Crippen LogP contribution is -2.39. The Kier molecular flexibility index (Phi) is 4.98. The maximum absolute atomic E-state index is 14.3. The van der Waals surface area contributed by atoms with Gasteiger partial charge in [-0.25, -0.2) is 9.18 Å². The molecule has 0 aliphatic carbocycles. The van der Waals surface area contributed by atoms with Gasteiger partial charge in [0.15, 0.2) is 0 Å². The van der Waals surface area contributed by atoms with E-state index in [1.54, 1.807) is 17.0 Å². The van der Waals surface area contributed by atoms with Crippen molar-refractivity contribution in [2.24, 2.45) is 5.92 Å². The Hall–Kier alpha value is -2.60. The van der Waals surface area contributed by atoms with Crippen LogP contribution < -0.4 is 5.32 Å². The number of nitrogens with zero attached hydrogens (tertiary/aromatic N) is 2. The van der Waals surface area contributed by atoms with Gasteiger partial charge in [-0.1, -0.05) is 48.0 Å². The lowest BCUT2D eigenvalue weighted by molar-refractivity contribution is 0.162. The van der Waals surface area contributed by atoms with E-state index < -0.39 is 5.82 Å². The van der Waals surface area contributed by atoms with Gasteiger partial charge < -0.3 is 14.8 Å². The fourth-order valence-electron chi connectivity index (χ4n) is 3.85. The summed E-state index contributed by atoms with van der Waals surface area (Å²) in [5, 5.41) is 2.76. The monoisotopic (exact) mass is 441 g/mol. The first-order chi connectivity index (χ1) is 13.5. The van der Waals surface area contributed by atoms with Crippen LogP contribution in [0.1, 0.15) is 31.1 Å². The topological polar surface area (TPSA) is 37.3 Å². The smallest absolute Gasteiger partial charge is 0.318 e. The molecule has 0 spiro atoms. The highest BCUT2D eigenvalue weighted by molar-refractivity contribution is 9.10. The largest absolute Gasteiger partial charge is 0.322 e. The molecule has 1 aliphatic rings. The first-order valence-corrected chi connectivity index (χ1v) is 10.0. The van der Waals surface area contributed by atoms with Crippen LogP contribution in [0.3, 0.4) is 0 Å². The SMILES string of the molecule is CC(C)[C@H]1c2cccn2-c2ccccc2CN1C(=O)Nc1ccc(Br)cc1F. The van der Waals surface area contributed by atoms with Gasteiger partial charge in [0, 0.05) is 16.4 Å². The van der Waals surface area contributed by atoms with E-state index in [1.165, 1.54) is 6.07 Å². The van der Waals surface area contributed by atoms with E-state index in [1.807, 2.05) is 36.5 Å². The standard InChI is InChI=1S/C22H21BrFN3O/c1-14(2)21-20-8-5-11-26(20)19-7-4-3-6-15(19)13-27(21)22(28)25-18-10-9-16(23)12-17(18)24/h3-12,14,21H,13H2,1-2H3,(H,25,28)/t21-/m0/s1. The summed E-state index contributed by atoms with van der Waals surface area (Å²) in [6.07, 6.45) is 2.03. The minimum absolute atomic E-state index is 0.138. The van der Waals surface area contributed by atoms with Crippen molar-refractivity contribution in [2.45, 2.75) is 26.4 Å². The van der Waals surface area contributed by atoms with E-state index in [0.29, 0.717) is 11.0 Å². The zero-order valence-electron chi connectivity index (χ0n) is 15.7. The zero-order valence-corrected chi connectivity index (χ0v) is 17.3. The lowest BCUT2D eigenvalue weighted by atomic mass is 9.99. The van der Waals surface area contributed by atoms with Gasteiger partial charge in [-0.05, 0) is 47.9 Å². The van der Waals surface area contributed by atoms with Crippen molar-refractivity contribution in [3.63, 3.8) is 0 Å². The van der Waals surface area contributed by atoms with Crippen LogP contribution in [0.25, 0.3) is 5.69 Å². The van der Waals surface area contributed by atoms with Crippen molar-refractivity contribution in [1.29, 1.82) is 0 Å². The number of hydrogen-bond donors (Lipinski definition) is 1. The molecule has 0 unspecified atom stereocenters. The highest BCUT2D eigenvalue weighted by Gasteiger charge is 2.33. The number of benzene rings is 2. The molecule has 1 N–H and O–H groups in total.